The van der Waals surface area contributed by atoms with E-state index in [0.29, 0.717) is 13.2 Å². The molecule has 0 amide bonds. The zero-order valence-electron chi connectivity index (χ0n) is 8.44. The second kappa shape index (κ2) is 5.49. The largest absolute Gasteiger partial charge is 0.381 e. The minimum absolute atomic E-state index is 0.129. The predicted octanol–water partition coefficient (Wildman–Crippen LogP) is 2.19. The first kappa shape index (κ1) is 12.5. The minimum atomic E-state index is -3.60. The van der Waals surface area contributed by atoms with Gasteiger partial charge in [-0.2, -0.15) is 0 Å². The molecule has 0 spiro atoms. The monoisotopic (exact) mass is 248 g/mol. The highest BCUT2D eigenvalue weighted by Crippen LogP contribution is 2.15. The summed E-state index contributed by atoms with van der Waals surface area (Å²) in [6.07, 6.45) is 0.774. The van der Waals surface area contributed by atoms with Gasteiger partial charge in [-0.25, -0.2) is 8.42 Å². The summed E-state index contributed by atoms with van der Waals surface area (Å²) in [5, 5.41) is 0. The summed E-state index contributed by atoms with van der Waals surface area (Å²) >= 11 is 0. The van der Waals surface area contributed by atoms with E-state index in [1.54, 1.807) is 12.1 Å². The Kier molecular flexibility index (Phi) is 4.57. The molecule has 0 radical (unpaired) electrons. The van der Waals surface area contributed by atoms with Crippen molar-refractivity contribution in [2.75, 3.05) is 13.2 Å². The third kappa shape index (κ3) is 4.20. The van der Waals surface area contributed by atoms with Gasteiger partial charge in [0.2, 0.25) is 0 Å². The topological polar surface area (TPSA) is 43.4 Å². The van der Waals surface area contributed by atoms with Crippen LogP contribution >= 0.6 is 10.7 Å². The van der Waals surface area contributed by atoms with Gasteiger partial charge < -0.3 is 4.74 Å². The van der Waals surface area contributed by atoms with Crippen LogP contribution < -0.4 is 0 Å². The normalized spacial score (nSPS) is 11.6. The van der Waals surface area contributed by atoms with Crippen molar-refractivity contribution >= 4 is 19.7 Å². The second-order valence-corrected chi connectivity index (χ2v) is 5.59. The van der Waals surface area contributed by atoms with E-state index in [0.717, 1.165) is 12.0 Å². The van der Waals surface area contributed by atoms with Crippen molar-refractivity contribution in [2.24, 2.45) is 0 Å². The van der Waals surface area contributed by atoms with E-state index in [2.05, 4.69) is 0 Å². The number of benzene rings is 1. The summed E-state index contributed by atoms with van der Waals surface area (Å²) in [5.41, 5.74) is 1.03. The van der Waals surface area contributed by atoms with Gasteiger partial charge >= 0.3 is 0 Å². The third-order valence-corrected chi connectivity index (χ3v) is 3.31. The molecule has 5 heteroatoms. The van der Waals surface area contributed by atoms with Crippen LogP contribution in [0.1, 0.15) is 12.5 Å². The number of ether oxygens (including phenoxy) is 1. The van der Waals surface area contributed by atoms with E-state index < -0.39 is 9.05 Å². The van der Waals surface area contributed by atoms with Crippen LogP contribution in [0.2, 0.25) is 0 Å². The molecular formula is C10H13ClO3S. The van der Waals surface area contributed by atoms with E-state index in [1.165, 1.54) is 12.1 Å². The van der Waals surface area contributed by atoms with Gasteiger partial charge in [-0.15, -0.1) is 0 Å². The number of halogens is 1. The first-order valence-electron chi connectivity index (χ1n) is 4.65. The fraction of sp³-hybridized carbons (Fsp3) is 0.400. The van der Waals surface area contributed by atoms with E-state index in [-0.39, 0.29) is 4.90 Å². The van der Waals surface area contributed by atoms with Gasteiger partial charge in [0.15, 0.2) is 0 Å². The van der Waals surface area contributed by atoms with Crippen molar-refractivity contribution in [1.29, 1.82) is 0 Å². The third-order valence-electron chi connectivity index (χ3n) is 1.94. The molecule has 0 aliphatic heterocycles. The molecule has 0 N–H and O–H groups in total. The van der Waals surface area contributed by atoms with Crippen LogP contribution in [-0.2, 0) is 20.2 Å². The SMILES string of the molecule is CCOCCc1ccc(S(=O)(=O)Cl)cc1. The Morgan fingerprint density at radius 3 is 2.33 bits per heavy atom. The molecule has 1 aromatic carbocycles. The van der Waals surface area contributed by atoms with Crippen LogP contribution in [0.15, 0.2) is 29.2 Å². The van der Waals surface area contributed by atoms with Gasteiger partial charge in [0.25, 0.3) is 9.05 Å². The lowest BCUT2D eigenvalue weighted by Crippen LogP contribution is -1.98. The van der Waals surface area contributed by atoms with Crippen molar-refractivity contribution in [3.63, 3.8) is 0 Å². The molecule has 0 unspecified atom stereocenters. The molecule has 0 fully saturated rings. The lowest BCUT2D eigenvalue weighted by Gasteiger charge is -2.02. The predicted molar refractivity (Wildman–Crippen MR) is 59.7 cm³/mol. The van der Waals surface area contributed by atoms with Crippen LogP contribution in [0.3, 0.4) is 0 Å². The Hall–Kier alpha value is -0.580. The zero-order chi connectivity index (χ0) is 11.3. The van der Waals surface area contributed by atoms with E-state index in [4.69, 9.17) is 15.4 Å². The fourth-order valence-electron chi connectivity index (χ4n) is 1.15. The molecule has 0 bridgehead atoms. The highest BCUT2D eigenvalue weighted by atomic mass is 35.7. The molecule has 3 nitrogen and oxygen atoms in total. The fourth-order valence-corrected chi connectivity index (χ4v) is 1.92. The number of hydrogen-bond donors (Lipinski definition) is 0. The van der Waals surface area contributed by atoms with E-state index in [1.807, 2.05) is 6.92 Å². The van der Waals surface area contributed by atoms with Gasteiger partial charge in [-0.1, -0.05) is 12.1 Å². The Morgan fingerprint density at radius 2 is 1.87 bits per heavy atom. The highest BCUT2D eigenvalue weighted by Gasteiger charge is 2.08. The first-order valence-corrected chi connectivity index (χ1v) is 6.96. The Balaban J connectivity index is 2.65. The Bertz CT molecular complexity index is 397. The van der Waals surface area contributed by atoms with Crippen LogP contribution in [-0.4, -0.2) is 21.6 Å². The summed E-state index contributed by atoms with van der Waals surface area (Å²) < 4.78 is 27.1. The standard InChI is InChI=1S/C10H13ClO3S/c1-2-14-8-7-9-3-5-10(6-4-9)15(11,12)13/h3-6H,2,7-8H2,1H3. The maximum atomic E-state index is 10.9. The second-order valence-electron chi connectivity index (χ2n) is 3.03. The molecule has 0 saturated carbocycles. The maximum absolute atomic E-state index is 10.9. The maximum Gasteiger partial charge on any atom is 0.261 e. The lowest BCUT2D eigenvalue weighted by molar-refractivity contribution is 0.151. The molecule has 0 heterocycles. The van der Waals surface area contributed by atoms with Gasteiger partial charge in [0.05, 0.1) is 11.5 Å². The smallest absolute Gasteiger partial charge is 0.261 e. The average Bonchev–Trinajstić information content (AvgIpc) is 2.18. The summed E-state index contributed by atoms with van der Waals surface area (Å²) in [6.45, 7) is 3.26. The molecule has 0 saturated heterocycles. The van der Waals surface area contributed by atoms with Crippen molar-refractivity contribution in [3.8, 4) is 0 Å². The average molecular weight is 249 g/mol. The van der Waals surface area contributed by atoms with Gasteiger partial charge in [0.1, 0.15) is 0 Å². The van der Waals surface area contributed by atoms with Crippen molar-refractivity contribution in [2.45, 2.75) is 18.2 Å². The van der Waals surface area contributed by atoms with Crippen molar-refractivity contribution < 1.29 is 13.2 Å². The van der Waals surface area contributed by atoms with Crippen molar-refractivity contribution in [3.05, 3.63) is 29.8 Å². The van der Waals surface area contributed by atoms with E-state index >= 15 is 0 Å². The molecular weight excluding hydrogens is 236 g/mol. The van der Waals surface area contributed by atoms with Crippen LogP contribution in [0.5, 0.6) is 0 Å². The van der Waals surface area contributed by atoms with Crippen LogP contribution in [0, 0.1) is 0 Å². The highest BCUT2D eigenvalue weighted by molar-refractivity contribution is 8.13. The summed E-state index contributed by atoms with van der Waals surface area (Å²) in [5.74, 6) is 0. The molecule has 0 aliphatic carbocycles. The van der Waals surface area contributed by atoms with Gasteiger partial charge in [-0.05, 0) is 31.0 Å². The molecule has 84 valence electrons. The summed E-state index contributed by atoms with van der Waals surface area (Å²) in [6, 6.07) is 6.50. The van der Waals surface area contributed by atoms with Gasteiger partial charge in [-0.3, -0.25) is 0 Å². The Labute approximate surface area is 94.4 Å². The van der Waals surface area contributed by atoms with Gasteiger partial charge in [0, 0.05) is 17.3 Å². The van der Waals surface area contributed by atoms with Crippen LogP contribution in [0.4, 0.5) is 0 Å². The minimum Gasteiger partial charge on any atom is -0.381 e. The van der Waals surface area contributed by atoms with Crippen LogP contribution in [0.25, 0.3) is 0 Å². The van der Waals surface area contributed by atoms with Crippen molar-refractivity contribution in [1.82, 2.24) is 0 Å². The molecule has 0 atom stereocenters. The number of rotatable bonds is 5. The molecule has 1 rings (SSSR count). The quantitative estimate of drug-likeness (QED) is 0.593. The molecule has 0 aromatic heterocycles. The Morgan fingerprint density at radius 1 is 1.27 bits per heavy atom. The molecule has 1 aromatic rings. The summed E-state index contributed by atoms with van der Waals surface area (Å²) in [4.78, 5) is 0.129. The summed E-state index contributed by atoms with van der Waals surface area (Å²) in [7, 11) is 1.58. The number of hydrogen-bond acceptors (Lipinski definition) is 3. The first-order chi connectivity index (χ1) is 7.04. The van der Waals surface area contributed by atoms with E-state index in [9.17, 15) is 8.42 Å². The lowest BCUT2D eigenvalue weighted by atomic mass is 10.2. The zero-order valence-corrected chi connectivity index (χ0v) is 10.0. The molecule has 15 heavy (non-hydrogen) atoms. The molecule has 0 aliphatic rings.